The lowest BCUT2D eigenvalue weighted by atomic mass is 9.88. The van der Waals surface area contributed by atoms with Gasteiger partial charge in [-0.05, 0) is 37.0 Å². The van der Waals surface area contributed by atoms with Gasteiger partial charge in [-0.3, -0.25) is 4.79 Å². The van der Waals surface area contributed by atoms with E-state index in [1.54, 1.807) is 0 Å². The smallest absolute Gasteiger partial charge is 0.189 e. The fourth-order valence-electron chi connectivity index (χ4n) is 4.53. The third kappa shape index (κ3) is 3.14. The van der Waals surface area contributed by atoms with Crippen LogP contribution in [0.1, 0.15) is 45.6 Å². The summed E-state index contributed by atoms with van der Waals surface area (Å²) in [6.07, 6.45) is 1.92. The molecule has 29 heavy (non-hydrogen) atoms. The average molecular weight is 395 g/mol. The van der Waals surface area contributed by atoms with Crippen LogP contribution in [0, 0.1) is 0 Å². The van der Waals surface area contributed by atoms with Gasteiger partial charge in [-0.25, -0.2) is 0 Å². The molecule has 0 radical (unpaired) electrons. The molecule has 0 fully saturated rings. The third-order valence-corrected chi connectivity index (χ3v) is 7.20. The summed E-state index contributed by atoms with van der Waals surface area (Å²) in [6, 6.07) is 28.9. The minimum Gasteiger partial charge on any atom is -0.289 e. The zero-order valence-corrected chi connectivity index (χ0v) is 17.2. The van der Waals surface area contributed by atoms with E-state index in [9.17, 15) is 4.79 Å². The lowest BCUT2D eigenvalue weighted by molar-refractivity contribution is 0.102. The van der Waals surface area contributed by atoms with Crippen LogP contribution in [-0.4, -0.2) is 5.78 Å². The van der Waals surface area contributed by atoms with Crippen LogP contribution in [0.5, 0.6) is 0 Å². The van der Waals surface area contributed by atoms with Gasteiger partial charge >= 0.3 is 0 Å². The number of thiophene rings is 1. The molecule has 1 aliphatic carbocycles. The van der Waals surface area contributed by atoms with E-state index in [0.717, 1.165) is 29.6 Å². The second-order valence-electron chi connectivity index (χ2n) is 7.65. The molecule has 1 nitrogen and oxygen atoms in total. The molecule has 1 heterocycles. The number of rotatable bonds is 5. The first-order valence-electron chi connectivity index (χ1n) is 10.1. The molecule has 1 aliphatic rings. The van der Waals surface area contributed by atoms with Crippen molar-refractivity contribution in [1.29, 1.82) is 0 Å². The predicted molar refractivity (Wildman–Crippen MR) is 123 cm³/mol. The summed E-state index contributed by atoms with van der Waals surface area (Å²) in [7, 11) is 0. The van der Waals surface area contributed by atoms with Crippen molar-refractivity contribution in [3.63, 3.8) is 0 Å². The van der Waals surface area contributed by atoms with E-state index in [2.05, 4.69) is 61.5 Å². The second-order valence-corrected chi connectivity index (χ2v) is 8.73. The summed E-state index contributed by atoms with van der Waals surface area (Å²) in [4.78, 5) is 14.9. The van der Waals surface area contributed by atoms with E-state index in [-0.39, 0.29) is 11.7 Å². The Bertz CT molecular complexity index is 1220. The van der Waals surface area contributed by atoms with Gasteiger partial charge in [0.25, 0.3) is 0 Å². The molecule has 2 heteroatoms. The van der Waals surface area contributed by atoms with Crippen LogP contribution >= 0.6 is 11.3 Å². The summed E-state index contributed by atoms with van der Waals surface area (Å²) in [5, 5.41) is 1.28. The Morgan fingerprint density at radius 2 is 1.52 bits per heavy atom. The van der Waals surface area contributed by atoms with Crippen molar-refractivity contribution in [3.05, 3.63) is 112 Å². The zero-order valence-electron chi connectivity index (χ0n) is 16.4. The number of ketones is 1. The molecule has 5 rings (SSSR count). The van der Waals surface area contributed by atoms with Crippen molar-refractivity contribution in [2.45, 2.75) is 25.7 Å². The van der Waals surface area contributed by atoms with Crippen molar-refractivity contribution in [2.24, 2.45) is 0 Å². The van der Waals surface area contributed by atoms with Crippen molar-refractivity contribution in [1.82, 2.24) is 0 Å². The van der Waals surface area contributed by atoms with Crippen molar-refractivity contribution in [2.75, 3.05) is 0 Å². The predicted octanol–water partition coefficient (Wildman–Crippen LogP) is 7.29. The highest BCUT2D eigenvalue weighted by Gasteiger charge is 2.36. The van der Waals surface area contributed by atoms with Crippen LogP contribution in [-0.2, 0) is 6.42 Å². The third-order valence-electron chi connectivity index (χ3n) is 5.91. The molecular formula is C27H22OS. The topological polar surface area (TPSA) is 17.1 Å². The van der Waals surface area contributed by atoms with Crippen LogP contribution in [0.2, 0.25) is 0 Å². The van der Waals surface area contributed by atoms with Gasteiger partial charge in [0.1, 0.15) is 0 Å². The SMILES string of the molecule is CC1=C(C(=O)c2ccccc2)C(CCc2ccccc2)c2sc3ccccc3c21. The standard InChI is InChI=1S/C27H22OS/c1-18-24(26(28)20-12-6-3-7-13-20)22(17-16-19-10-4-2-5-11-19)27-25(18)21-14-8-9-15-23(21)29-27/h2-15,22H,16-17H2,1H3. The quantitative estimate of drug-likeness (QED) is 0.325. The second kappa shape index (κ2) is 7.46. The van der Waals surface area contributed by atoms with Gasteiger partial charge in [0.2, 0.25) is 0 Å². The van der Waals surface area contributed by atoms with E-state index in [0.29, 0.717) is 0 Å². The van der Waals surface area contributed by atoms with E-state index in [1.165, 1.54) is 26.1 Å². The van der Waals surface area contributed by atoms with Crippen LogP contribution in [0.25, 0.3) is 15.7 Å². The Morgan fingerprint density at radius 3 is 2.28 bits per heavy atom. The molecule has 0 saturated heterocycles. The largest absolute Gasteiger partial charge is 0.289 e. The first kappa shape index (κ1) is 18.1. The molecule has 1 atom stereocenters. The maximum Gasteiger partial charge on any atom is 0.189 e. The monoisotopic (exact) mass is 394 g/mol. The molecule has 0 amide bonds. The number of aryl methyl sites for hydroxylation is 1. The van der Waals surface area contributed by atoms with Gasteiger partial charge in [-0.2, -0.15) is 0 Å². The lowest BCUT2D eigenvalue weighted by Gasteiger charge is -2.16. The van der Waals surface area contributed by atoms with Crippen molar-refractivity contribution >= 4 is 32.8 Å². The van der Waals surface area contributed by atoms with Gasteiger partial charge in [-0.15, -0.1) is 11.3 Å². The highest BCUT2D eigenvalue weighted by Crippen LogP contribution is 2.52. The highest BCUT2D eigenvalue weighted by molar-refractivity contribution is 7.19. The molecule has 0 N–H and O–H groups in total. The fraction of sp³-hybridized carbons (Fsp3) is 0.148. The number of benzene rings is 3. The summed E-state index contributed by atoms with van der Waals surface area (Å²) >= 11 is 1.86. The number of fused-ring (bicyclic) bond motifs is 3. The molecule has 0 spiro atoms. The number of allylic oxidation sites excluding steroid dienone is 2. The van der Waals surface area contributed by atoms with Gasteiger partial charge in [0.05, 0.1) is 0 Å². The summed E-state index contributed by atoms with van der Waals surface area (Å²) in [5.41, 5.74) is 5.55. The molecule has 0 aliphatic heterocycles. The van der Waals surface area contributed by atoms with Crippen molar-refractivity contribution < 1.29 is 4.79 Å². The molecule has 0 bridgehead atoms. The Hall–Kier alpha value is -2.97. The number of Topliss-reactive ketones (excluding diaryl/α,β-unsaturated/α-hetero) is 1. The van der Waals surface area contributed by atoms with Crippen molar-refractivity contribution in [3.8, 4) is 0 Å². The molecular weight excluding hydrogens is 372 g/mol. The molecule has 1 unspecified atom stereocenters. The van der Waals surface area contributed by atoms with Gasteiger partial charge in [0, 0.05) is 37.6 Å². The summed E-state index contributed by atoms with van der Waals surface area (Å²) in [6.45, 7) is 2.14. The molecule has 142 valence electrons. The van der Waals surface area contributed by atoms with Crippen LogP contribution in [0.4, 0.5) is 0 Å². The minimum atomic E-state index is 0.162. The number of carbonyl (C=O) groups excluding carboxylic acids is 1. The van der Waals surface area contributed by atoms with Crippen LogP contribution in [0.15, 0.2) is 90.5 Å². The summed E-state index contributed by atoms with van der Waals surface area (Å²) in [5.74, 6) is 0.337. The Balaban J connectivity index is 1.60. The Kier molecular flexibility index (Phi) is 4.65. The van der Waals surface area contributed by atoms with Crippen LogP contribution in [0.3, 0.4) is 0 Å². The van der Waals surface area contributed by atoms with Crippen LogP contribution < -0.4 is 0 Å². The highest BCUT2D eigenvalue weighted by atomic mass is 32.1. The van der Waals surface area contributed by atoms with E-state index in [4.69, 9.17) is 0 Å². The van der Waals surface area contributed by atoms with Gasteiger partial charge in [-0.1, -0.05) is 78.9 Å². The molecule has 3 aromatic carbocycles. The maximum absolute atomic E-state index is 13.5. The average Bonchev–Trinajstić information content (AvgIpc) is 3.28. The number of carbonyl (C=O) groups is 1. The first-order chi connectivity index (χ1) is 14.2. The minimum absolute atomic E-state index is 0.162. The number of hydrogen-bond donors (Lipinski definition) is 0. The Labute approximate surface area is 175 Å². The normalized spacial score (nSPS) is 15.7. The van der Waals surface area contributed by atoms with E-state index in [1.807, 2.05) is 41.7 Å². The van der Waals surface area contributed by atoms with Gasteiger partial charge < -0.3 is 0 Å². The Morgan fingerprint density at radius 1 is 0.862 bits per heavy atom. The molecule has 0 saturated carbocycles. The summed E-state index contributed by atoms with van der Waals surface area (Å²) < 4.78 is 1.31. The maximum atomic E-state index is 13.5. The molecule has 1 aromatic heterocycles. The van der Waals surface area contributed by atoms with E-state index >= 15 is 0 Å². The van der Waals surface area contributed by atoms with E-state index < -0.39 is 0 Å². The first-order valence-corrected chi connectivity index (χ1v) is 10.9. The number of hydrogen-bond acceptors (Lipinski definition) is 2. The fourth-order valence-corrected chi connectivity index (χ4v) is 5.94. The molecule has 4 aromatic rings. The zero-order chi connectivity index (χ0) is 19.8. The van der Waals surface area contributed by atoms with Gasteiger partial charge in [0.15, 0.2) is 5.78 Å². The lowest BCUT2D eigenvalue weighted by Crippen LogP contribution is -2.10.